The molecule has 19 heavy (non-hydrogen) atoms. The molecule has 0 aliphatic rings. The zero-order chi connectivity index (χ0) is 14.5. The molecule has 0 saturated heterocycles. The Morgan fingerprint density at radius 1 is 1.32 bits per heavy atom. The number of likely N-dealkylation sites (N-methyl/N-ethyl adjacent to an activating group) is 1. The largest absolute Gasteiger partial charge is 0.481 e. The molecule has 3 nitrogen and oxygen atoms in total. The number of carboxylic acids is 1. The maximum atomic E-state index is 11.0. The van der Waals surface area contributed by atoms with Gasteiger partial charge in [-0.2, -0.15) is 0 Å². The highest BCUT2D eigenvalue weighted by Gasteiger charge is 2.26. The number of halogens is 1. The summed E-state index contributed by atoms with van der Waals surface area (Å²) >= 11 is 3.54. The maximum absolute atomic E-state index is 11.0. The van der Waals surface area contributed by atoms with Crippen LogP contribution in [0.2, 0.25) is 0 Å². The Labute approximate surface area is 123 Å². The second-order valence-corrected chi connectivity index (χ2v) is 6.44. The molecule has 0 fully saturated rings. The molecule has 4 heteroatoms. The summed E-state index contributed by atoms with van der Waals surface area (Å²) in [5.41, 5.74) is 0.633. The van der Waals surface area contributed by atoms with Crippen molar-refractivity contribution in [3.63, 3.8) is 0 Å². The molecule has 106 valence electrons. The predicted molar refractivity (Wildman–Crippen MR) is 81.4 cm³/mol. The molecule has 0 aromatic heterocycles. The van der Waals surface area contributed by atoms with Crippen molar-refractivity contribution in [1.82, 2.24) is 4.90 Å². The smallest absolute Gasteiger partial charge is 0.309 e. The van der Waals surface area contributed by atoms with Gasteiger partial charge >= 0.3 is 5.97 Å². The van der Waals surface area contributed by atoms with Crippen LogP contribution in [-0.2, 0) is 11.2 Å². The Morgan fingerprint density at radius 3 is 2.53 bits per heavy atom. The van der Waals surface area contributed by atoms with Crippen LogP contribution in [0.1, 0.15) is 25.8 Å². The standard InChI is InChI=1S/C15H22BrNO2/c1-15(2,14(18)19)9-11-17(3)10-8-12-6-4-5-7-13(12)16/h4-7H,8-11H2,1-3H3,(H,18,19). The summed E-state index contributed by atoms with van der Waals surface area (Å²) in [6.07, 6.45) is 1.63. The lowest BCUT2D eigenvalue weighted by molar-refractivity contribution is -0.147. The molecule has 0 aliphatic carbocycles. The first-order valence-electron chi connectivity index (χ1n) is 6.48. The van der Waals surface area contributed by atoms with Crippen molar-refractivity contribution < 1.29 is 9.90 Å². The number of nitrogens with zero attached hydrogens (tertiary/aromatic N) is 1. The van der Waals surface area contributed by atoms with Crippen LogP contribution < -0.4 is 0 Å². The zero-order valence-corrected chi connectivity index (χ0v) is 13.4. The van der Waals surface area contributed by atoms with Crippen molar-refractivity contribution in [3.8, 4) is 0 Å². The lowest BCUT2D eigenvalue weighted by Crippen LogP contribution is -2.31. The van der Waals surface area contributed by atoms with Crippen LogP contribution in [0.15, 0.2) is 28.7 Å². The number of rotatable bonds is 7. The minimum absolute atomic E-state index is 0.651. The van der Waals surface area contributed by atoms with Gasteiger partial charge in [0.2, 0.25) is 0 Å². The van der Waals surface area contributed by atoms with Crippen LogP contribution in [0.25, 0.3) is 0 Å². The summed E-state index contributed by atoms with van der Waals surface area (Å²) in [5, 5.41) is 9.07. The summed E-state index contributed by atoms with van der Waals surface area (Å²) < 4.78 is 1.13. The minimum Gasteiger partial charge on any atom is -0.481 e. The normalized spacial score (nSPS) is 11.8. The highest BCUT2D eigenvalue weighted by atomic mass is 79.9. The number of carboxylic acid groups (broad SMARTS) is 1. The molecule has 1 aromatic carbocycles. The van der Waals surface area contributed by atoms with Gasteiger partial charge in [-0.05, 0) is 51.9 Å². The van der Waals surface area contributed by atoms with E-state index < -0.39 is 11.4 Å². The van der Waals surface area contributed by atoms with Crippen molar-refractivity contribution in [2.24, 2.45) is 5.41 Å². The summed E-state index contributed by atoms with van der Waals surface area (Å²) in [4.78, 5) is 13.2. The van der Waals surface area contributed by atoms with Crippen molar-refractivity contribution in [2.45, 2.75) is 26.7 Å². The van der Waals surface area contributed by atoms with Gasteiger partial charge in [-0.25, -0.2) is 0 Å². The van der Waals surface area contributed by atoms with Crippen molar-refractivity contribution >= 4 is 21.9 Å². The molecule has 0 atom stereocenters. The molecule has 1 aromatic rings. The van der Waals surface area contributed by atoms with E-state index in [1.165, 1.54) is 5.56 Å². The van der Waals surface area contributed by atoms with Gasteiger partial charge in [0.05, 0.1) is 5.41 Å². The van der Waals surface area contributed by atoms with Gasteiger partial charge in [0, 0.05) is 11.0 Å². The lowest BCUT2D eigenvalue weighted by atomic mass is 9.89. The van der Waals surface area contributed by atoms with Crippen molar-refractivity contribution in [3.05, 3.63) is 34.3 Å². The van der Waals surface area contributed by atoms with Crippen LogP contribution in [0, 0.1) is 5.41 Å². The number of aliphatic carboxylic acids is 1. The molecule has 0 heterocycles. The van der Waals surface area contributed by atoms with E-state index in [0.29, 0.717) is 6.42 Å². The van der Waals surface area contributed by atoms with Crippen LogP contribution in [0.3, 0.4) is 0 Å². The molecule has 0 bridgehead atoms. The highest BCUT2D eigenvalue weighted by Crippen LogP contribution is 2.21. The number of hydrogen-bond donors (Lipinski definition) is 1. The summed E-state index contributed by atoms with van der Waals surface area (Å²) in [5.74, 6) is -0.730. The quantitative estimate of drug-likeness (QED) is 0.834. The molecule has 0 radical (unpaired) electrons. The molecular formula is C15H22BrNO2. The van der Waals surface area contributed by atoms with Gasteiger partial charge in [0.1, 0.15) is 0 Å². The molecular weight excluding hydrogens is 306 g/mol. The van der Waals surface area contributed by atoms with Crippen LogP contribution >= 0.6 is 15.9 Å². The van der Waals surface area contributed by atoms with Crippen LogP contribution in [0.4, 0.5) is 0 Å². The lowest BCUT2D eigenvalue weighted by Gasteiger charge is -2.23. The fraction of sp³-hybridized carbons (Fsp3) is 0.533. The monoisotopic (exact) mass is 327 g/mol. The Balaban J connectivity index is 2.39. The number of hydrogen-bond acceptors (Lipinski definition) is 2. The second-order valence-electron chi connectivity index (χ2n) is 5.58. The maximum Gasteiger partial charge on any atom is 0.309 e. The highest BCUT2D eigenvalue weighted by molar-refractivity contribution is 9.10. The Hall–Kier alpha value is -0.870. The second kappa shape index (κ2) is 7.06. The van der Waals surface area contributed by atoms with E-state index >= 15 is 0 Å². The topological polar surface area (TPSA) is 40.5 Å². The molecule has 0 aliphatic heterocycles. The SMILES string of the molecule is CN(CCc1ccccc1Br)CCC(C)(C)C(=O)O. The molecule has 1 rings (SSSR count). The average Bonchev–Trinajstić information content (AvgIpc) is 2.35. The molecule has 0 spiro atoms. The van der Waals surface area contributed by atoms with Crippen LogP contribution in [0.5, 0.6) is 0 Å². The van der Waals surface area contributed by atoms with Gasteiger partial charge in [-0.3, -0.25) is 4.79 Å². The van der Waals surface area contributed by atoms with Gasteiger partial charge in [-0.1, -0.05) is 34.1 Å². The predicted octanol–water partition coefficient (Wildman–Crippen LogP) is 3.42. The zero-order valence-electron chi connectivity index (χ0n) is 11.8. The van der Waals surface area contributed by atoms with Gasteiger partial charge in [0.15, 0.2) is 0 Å². The van der Waals surface area contributed by atoms with E-state index in [-0.39, 0.29) is 0 Å². The minimum atomic E-state index is -0.730. The molecule has 0 unspecified atom stereocenters. The van der Waals surface area contributed by atoms with E-state index in [0.717, 1.165) is 24.0 Å². The Morgan fingerprint density at radius 2 is 1.95 bits per heavy atom. The van der Waals surface area contributed by atoms with E-state index in [1.54, 1.807) is 13.8 Å². The van der Waals surface area contributed by atoms with Gasteiger partial charge < -0.3 is 10.0 Å². The molecule has 0 saturated carbocycles. The van der Waals surface area contributed by atoms with Crippen molar-refractivity contribution in [2.75, 3.05) is 20.1 Å². The average molecular weight is 328 g/mol. The first kappa shape index (κ1) is 16.2. The summed E-state index contributed by atoms with van der Waals surface area (Å²) in [7, 11) is 2.04. The first-order valence-corrected chi connectivity index (χ1v) is 7.27. The van der Waals surface area contributed by atoms with E-state index in [2.05, 4.69) is 26.9 Å². The Kier molecular flexibility index (Phi) is 6.01. The summed E-state index contributed by atoms with van der Waals surface area (Å²) in [6.45, 7) is 5.27. The third kappa shape index (κ3) is 5.33. The number of benzene rings is 1. The van der Waals surface area contributed by atoms with E-state index in [4.69, 9.17) is 5.11 Å². The van der Waals surface area contributed by atoms with Gasteiger partial charge in [0.25, 0.3) is 0 Å². The fourth-order valence-corrected chi connectivity index (χ4v) is 2.18. The third-order valence-corrected chi connectivity index (χ3v) is 4.19. The van der Waals surface area contributed by atoms with Crippen LogP contribution in [-0.4, -0.2) is 36.1 Å². The van der Waals surface area contributed by atoms with Gasteiger partial charge in [-0.15, -0.1) is 0 Å². The van der Waals surface area contributed by atoms with Crippen molar-refractivity contribution in [1.29, 1.82) is 0 Å². The number of carbonyl (C=O) groups is 1. The Bertz CT molecular complexity index is 432. The first-order chi connectivity index (χ1) is 8.83. The third-order valence-electron chi connectivity index (χ3n) is 3.42. The van der Waals surface area contributed by atoms with E-state index in [9.17, 15) is 4.79 Å². The molecule has 0 amide bonds. The summed E-state index contributed by atoms with van der Waals surface area (Å²) in [6, 6.07) is 8.20. The fourth-order valence-electron chi connectivity index (χ4n) is 1.70. The molecule has 1 N–H and O–H groups in total. The van der Waals surface area contributed by atoms with E-state index in [1.807, 2.05) is 25.2 Å².